The summed E-state index contributed by atoms with van der Waals surface area (Å²) >= 11 is 0. The number of nitrogens with one attached hydrogen (secondary N) is 1. The molecule has 5 aliphatic rings. The fraction of sp³-hybridized carbons (Fsp3) is 0.947. The molecule has 0 aromatic heterocycles. The van der Waals surface area contributed by atoms with E-state index < -0.39 is 0 Å². The van der Waals surface area contributed by atoms with Crippen molar-refractivity contribution in [1.82, 2.24) is 10.2 Å². The van der Waals surface area contributed by atoms with Crippen molar-refractivity contribution < 1.29 is 4.79 Å². The van der Waals surface area contributed by atoms with Gasteiger partial charge in [0, 0.05) is 25.6 Å². The van der Waals surface area contributed by atoms with Crippen LogP contribution < -0.4 is 5.32 Å². The summed E-state index contributed by atoms with van der Waals surface area (Å²) in [6, 6.07) is 0.496. The predicted molar refractivity (Wildman–Crippen MR) is 95.7 cm³/mol. The lowest BCUT2D eigenvalue weighted by atomic mass is 9.49. The zero-order valence-corrected chi connectivity index (χ0v) is 15.5. The van der Waals surface area contributed by atoms with E-state index in [1.54, 1.807) is 0 Å². The quantitative estimate of drug-likeness (QED) is 0.853. The Morgan fingerprint density at radius 3 is 2.17 bits per heavy atom. The van der Waals surface area contributed by atoms with Crippen LogP contribution in [0.3, 0.4) is 0 Å². The second-order valence-corrected chi connectivity index (χ2v) is 9.19. The number of nitrogens with zero attached hydrogens (tertiary/aromatic N) is 1. The molecule has 5 rings (SSSR count). The molecule has 0 aromatic carbocycles. The highest BCUT2D eigenvalue weighted by Crippen LogP contribution is 2.60. The Kier molecular flexibility index (Phi) is 5.00. The summed E-state index contributed by atoms with van der Waals surface area (Å²) in [7, 11) is 2.08. The lowest BCUT2D eigenvalue weighted by Crippen LogP contribution is -2.52. The molecule has 0 aromatic rings. The number of amides is 1. The largest absolute Gasteiger partial charge is 0.345 e. The van der Waals surface area contributed by atoms with E-state index in [2.05, 4.69) is 24.2 Å². The maximum atomic E-state index is 12.9. The molecular formula is C19H33ClN2O. The molecule has 1 N–H and O–H groups in total. The Bertz CT molecular complexity index is 417. The summed E-state index contributed by atoms with van der Waals surface area (Å²) in [6.45, 7) is 4.24. The van der Waals surface area contributed by atoms with E-state index >= 15 is 0 Å². The summed E-state index contributed by atoms with van der Waals surface area (Å²) in [4.78, 5) is 15.0. The van der Waals surface area contributed by atoms with E-state index in [1.807, 2.05) is 0 Å². The van der Waals surface area contributed by atoms with Crippen molar-refractivity contribution in [2.75, 3.05) is 20.1 Å². The van der Waals surface area contributed by atoms with Crippen LogP contribution in [-0.4, -0.2) is 37.0 Å². The van der Waals surface area contributed by atoms with E-state index in [4.69, 9.17) is 0 Å². The lowest BCUT2D eigenvalue weighted by Gasteiger charge is -2.57. The summed E-state index contributed by atoms with van der Waals surface area (Å²) in [5.74, 6) is 3.62. The van der Waals surface area contributed by atoms with Crippen LogP contribution in [0.4, 0.5) is 0 Å². The molecule has 1 aliphatic heterocycles. The number of carbonyl (C=O) groups is 1. The first kappa shape index (κ1) is 17.5. The summed E-state index contributed by atoms with van der Waals surface area (Å²) in [6.07, 6.45) is 10.7. The first-order chi connectivity index (χ1) is 10.5. The van der Waals surface area contributed by atoms with Gasteiger partial charge >= 0.3 is 0 Å². The Morgan fingerprint density at radius 2 is 1.65 bits per heavy atom. The molecule has 132 valence electrons. The normalized spacial score (nSPS) is 44.7. The Labute approximate surface area is 147 Å². The maximum Gasteiger partial charge on any atom is 0.225 e. The van der Waals surface area contributed by atoms with Gasteiger partial charge in [0.15, 0.2) is 0 Å². The molecule has 4 bridgehead atoms. The summed E-state index contributed by atoms with van der Waals surface area (Å²) in [5, 5.41) is 3.46. The first-order valence-corrected chi connectivity index (χ1v) is 9.51. The maximum absolute atomic E-state index is 12.9. The Hall–Kier alpha value is -0.280. The van der Waals surface area contributed by atoms with Crippen LogP contribution in [0.2, 0.25) is 0 Å². The zero-order chi connectivity index (χ0) is 15.3. The molecule has 3 nitrogen and oxygen atoms in total. The second-order valence-electron chi connectivity index (χ2n) is 9.19. The van der Waals surface area contributed by atoms with Gasteiger partial charge in [0.2, 0.25) is 5.91 Å². The number of hydrogen-bond acceptors (Lipinski definition) is 2. The van der Waals surface area contributed by atoms with Gasteiger partial charge in [0.25, 0.3) is 0 Å². The van der Waals surface area contributed by atoms with E-state index in [0.717, 1.165) is 43.7 Å². The van der Waals surface area contributed by atoms with Crippen molar-refractivity contribution >= 4 is 18.3 Å². The third-order valence-corrected chi connectivity index (χ3v) is 7.09. The van der Waals surface area contributed by atoms with Crippen molar-refractivity contribution in [3.63, 3.8) is 0 Å². The molecule has 23 heavy (non-hydrogen) atoms. The molecule has 0 spiro atoms. The van der Waals surface area contributed by atoms with Gasteiger partial charge in [-0.2, -0.15) is 0 Å². The number of rotatable bonds is 3. The van der Waals surface area contributed by atoms with Gasteiger partial charge in [-0.15, -0.1) is 12.4 Å². The van der Waals surface area contributed by atoms with Gasteiger partial charge in [0.1, 0.15) is 0 Å². The summed E-state index contributed by atoms with van der Waals surface area (Å²) in [5.41, 5.74) is 0.484. The van der Waals surface area contributed by atoms with Gasteiger partial charge in [-0.25, -0.2) is 0 Å². The topological polar surface area (TPSA) is 32.3 Å². The minimum atomic E-state index is 0. The molecular weight excluding hydrogens is 308 g/mol. The van der Waals surface area contributed by atoms with Crippen LogP contribution in [0.1, 0.15) is 58.3 Å². The number of piperidine rings is 1. The Morgan fingerprint density at radius 1 is 1.09 bits per heavy atom. The number of halogens is 1. The van der Waals surface area contributed by atoms with Gasteiger partial charge in [0.05, 0.1) is 0 Å². The number of carbonyl (C=O) groups excluding carboxylic acids is 1. The molecule has 1 amide bonds. The SMILES string of the molecule is C[C@H]1C[C@@H](C(=O)N(C)CC23CC4CC(CC(C4)C2)C3)CCN1.Cl. The highest BCUT2D eigenvalue weighted by molar-refractivity contribution is 5.85. The smallest absolute Gasteiger partial charge is 0.225 e. The van der Waals surface area contributed by atoms with Gasteiger partial charge < -0.3 is 10.2 Å². The van der Waals surface area contributed by atoms with Crippen molar-refractivity contribution in [2.24, 2.45) is 29.1 Å². The molecule has 4 aliphatic carbocycles. The first-order valence-electron chi connectivity index (χ1n) is 9.51. The average Bonchev–Trinajstić information content (AvgIpc) is 2.44. The van der Waals surface area contributed by atoms with Gasteiger partial charge in [-0.3, -0.25) is 4.79 Å². The molecule has 0 unspecified atom stereocenters. The van der Waals surface area contributed by atoms with E-state index in [0.29, 0.717) is 17.4 Å². The third kappa shape index (κ3) is 3.42. The third-order valence-electron chi connectivity index (χ3n) is 7.09. The highest BCUT2D eigenvalue weighted by Gasteiger charge is 2.51. The van der Waals surface area contributed by atoms with Gasteiger partial charge in [-0.1, -0.05) is 0 Å². The van der Waals surface area contributed by atoms with Crippen LogP contribution >= 0.6 is 12.4 Å². The Balaban J connectivity index is 0.00000156. The molecule has 4 saturated carbocycles. The van der Waals surface area contributed by atoms with E-state index in [1.165, 1.54) is 38.5 Å². The van der Waals surface area contributed by atoms with E-state index in [9.17, 15) is 4.79 Å². The van der Waals surface area contributed by atoms with Crippen molar-refractivity contribution in [3.8, 4) is 0 Å². The summed E-state index contributed by atoms with van der Waals surface area (Å²) < 4.78 is 0. The van der Waals surface area contributed by atoms with Crippen LogP contribution in [0.25, 0.3) is 0 Å². The van der Waals surface area contributed by atoms with Crippen LogP contribution in [0, 0.1) is 29.1 Å². The lowest BCUT2D eigenvalue weighted by molar-refractivity contribution is -0.140. The highest BCUT2D eigenvalue weighted by atomic mass is 35.5. The van der Waals surface area contributed by atoms with Gasteiger partial charge in [-0.05, 0) is 88.0 Å². The van der Waals surface area contributed by atoms with Crippen molar-refractivity contribution in [3.05, 3.63) is 0 Å². The molecule has 2 atom stereocenters. The monoisotopic (exact) mass is 340 g/mol. The van der Waals surface area contributed by atoms with Crippen LogP contribution in [0.5, 0.6) is 0 Å². The predicted octanol–water partition coefficient (Wildman–Crippen LogP) is 3.47. The molecule has 0 radical (unpaired) electrons. The molecule has 1 saturated heterocycles. The van der Waals surface area contributed by atoms with E-state index in [-0.39, 0.29) is 18.3 Å². The second kappa shape index (κ2) is 6.55. The minimum absolute atomic E-state index is 0. The van der Waals surface area contributed by atoms with Crippen LogP contribution in [-0.2, 0) is 4.79 Å². The van der Waals surface area contributed by atoms with Crippen molar-refractivity contribution in [1.29, 1.82) is 0 Å². The fourth-order valence-corrected chi connectivity index (χ4v) is 6.73. The number of hydrogen-bond donors (Lipinski definition) is 1. The fourth-order valence-electron chi connectivity index (χ4n) is 6.73. The standard InChI is InChI=1S/C19H32N2O.ClH/c1-13-5-17(3-4-20-13)18(22)21(2)12-19-9-14-6-15(10-19)8-16(7-14)11-19;/h13-17,20H,3-12H2,1-2H3;1H/t13-,14?,15?,16?,17-,19?;/m0./s1. The molecule has 1 heterocycles. The average molecular weight is 341 g/mol. The van der Waals surface area contributed by atoms with Crippen LogP contribution in [0.15, 0.2) is 0 Å². The molecule has 5 fully saturated rings. The molecule has 4 heteroatoms. The van der Waals surface area contributed by atoms with Crippen molar-refractivity contribution in [2.45, 2.75) is 64.3 Å². The minimum Gasteiger partial charge on any atom is -0.345 e. The zero-order valence-electron chi connectivity index (χ0n) is 14.7.